The highest BCUT2D eigenvalue weighted by Crippen LogP contribution is 2.30. The summed E-state index contributed by atoms with van der Waals surface area (Å²) in [5, 5.41) is 3.55. The fourth-order valence-corrected chi connectivity index (χ4v) is 4.67. The van der Waals surface area contributed by atoms with Crippen molar-refractivity contribution < 1.29 is 4.79 Å². The van der Waals surface area contributed by atoms with Crippen LogP contribution in [0, 0.1) is 5.92 Å². The number of nitrogens with zero attached hydrogens (tertiary/aromatic N) is 2. The van der Waals surface area contributed by atoms with E-state index in [1.807, 2.05) is 36.4 Å². The predicted molar refractivity (Wildman–Crippen MR) is 109 cm³/mol. The van der Waals surface area contributed by atoms with Gasteiger partial charge < -0.3 is 5.32 Å². The van der Waals surface area contributed by atoms with Crippen LogP contribution in [-0.2, 0) is 11.3 Å². The number of thiophene rings is 1. The van der Waals surface area contributed by atoms with Crippen molar-refractivity contribution in [2.45, 2.75) is 38.6 Å². The number of carbonyl (C=O) groups is 1. The number of fused-ring (bicyclic) bond motifs is 1. The Balaban J connectivity index is 1.48. The van der Waals surface area contributed by atoms with Crippen molar-refractivity contribution >= 4 is 27.5 Å². The van der Waals surface area contributed by atoms with Gasteiger partial charge in [0.15, 0.2) is 0 Å². The molecule has 0 aliphatic heterocycles. The van der Waals surface area contributed by atoms with Crippen LogP contribution >= 0.6 is 11.3 Å². The lowest BCUT2D eigenvalue weighted by Crippen LogP contribution is -2.35. The number of aromatic nitrogens is 2. The van der Waals surface area contributed by atoms with Gasteiger partial charge in [-0.15, -0.1) is 11.3 Å². The van der Waals surface area contributed by atoms with E-state index in [0.29, 0.717) is 22.7 Å². The van der Waals surface area contributed by atoms with Crippen molar-refractivity contribution in [1.29, 1.82) is 0 Å². The van der Waals surface area contributed by atoms with Gasteiger partial charge in [-0.3, -0.25) is 14.2 Å². The summed E-state index contributed by atoms with van der Waals surface area (Å²) in [6.45, 7) is 0.727. The van der Waals surface area contributed by atoms with E-state index in [2.05, 4.69) is 10.3 Å². The molecule has 1 saturated carbocycles. The number of rotatable bonds is 5. The SMILES string of the molecule is O=C(Cn1cnc2sc(-c3ccccc3)cc2c1=O)NCC1CCCCC1. The number of amides is 1. The largest absolute Gasteiger partial charge is 0.354 e. The third-order valence-electron chi connectivity index (χ3n) is 5.20. The Kier molecular flexibility index (Phi) is 5.34. The molecule has 1 fully saturated rings. The van der Waals surface area contributed by atoms with E-state index >= 15 is 0 Å². The van der Waals surface area contributed by atoms with E-state index in [-0.39, 0.29) is 18.0 Å². The Bertz CT molecular complexity index is 988. The van der Waals surface area contributed by atoms with Gasteiger partial charge in [-0.05, 0) is 30.4 Å². The van der Waals surface area contributed by atoms with E-state index in [0.717, 1.165) is 10.4 Å². The van der Waals surface area contributed by atoms with Crippen LogP contribution in [0.5, 0.6) is 0 Å². The molecule has 1 aromatic carbocycles. The van der Waals surface area contributed by atoms with E-state index in [1.165, 1.54) is 54.3 Å². The summed E-state index contributed by atoms with van der Waals surface area (Å²) < 4.78 is 1.40. The Morgan fingerprint density at radius 2 is 1.96 bits per heavy atom. The second-order valence-electron chi connectivity index (χ2n) is 7.18. The van der Waals surface area contributed by atoms with Gasteiger partial charge in [0.1, 0.15) is 11.4 Å². The van der Waals surface area contributed by atoms with Crippen LogP contribution in [0.4, 0.5) is 0 Å². The third-order valence-corrected chi connectivity index (χ3v) is 6.30. The molecule has 2 aromatic heterocycles. The summed E-state index contributed by atoms with van der Waals surface area (Å²) in [6.07, 6.45) is 7.66. The lowest BCUT2D eigenvalue weighted by molar-refractivity contribution is -0.121. The summed E-state index contributed by atoms with van der Waals surface area (Å²) >= 11 is 1.50. The zero-order valence-corrected chi connectivity index (χ0v) is 16.0. The summed E-state index contributed by atoms with van der Waals surface area (Å²) in [5.41, 5.74) is 0.905. The molecule has 3 aromatic rings. The van der Waals surface area contributed by atoms with Gasteiger partial charge >= 0.3 is 0 Å². The first-order chi connectivity index (χ1) is 13.2. The highest BCUT2D eigenvalue weighted by Gasteiger charge is 2.15. The van der Waals surface area contributed by atoms with Crippen LogP contribution in [0.3, 0.4) is 0 Å². The molecule has 0 radical (unpaired) electrons. The molecule has 1 aliphatic carbocycles. The van der Waals surface area contributed by atoms with E-state index in [4.69, 9.17) is 0 Å². The molecular formula is C21H23N3O2S. The van der Waals surface area contributed by atoms with Gasteiger partial charge in [0.2, 0.25) is 5.91 Å². The smallest absolute Gasteiger partial charge is 0.262 e. The van der Waals surface area contributed by atoms with Gasteiger partial charge in [-0.25, -0.2) is 4.98 Å². The first-order valence-electron chi connectivity index (χ1n) is 9.52. The minimum atomic E-state index is -0.161. The van der Waals surface area contributed by atoms with Crippen molar-refractivity contribution in [2.75, 3.05) is 6.54 Å². The first kappa shape index (κ1) is 17.9. The lowest BCUT2D eigenvalue weighted by atomic mass is 9.89. The summed E-state index contributed by atoms with van der Waals surface area (Å²) in [5.74, 6) is 0.452. The monoisotopic (exact) mass is 381 g/mol. The molecule has 1 N–H and O–H groups in total. The van der Waals surface area contributed by atoms with Crippen LogP contribution in [0.2, 0.25) is 0 Å². The van der Waals surface area contributed by atoms with Gasteiger partial charge in [0.05, 0.1) is 11.7 Å². The minimum Gasteiger partial charge on any atom is -0.354 e. The number of nitrogens with one attached hydrogen (secondary N) is 1. The molecule has 0 atom stereocenters. The van der Waals surface area contributed by atoms with Crippen LogP contribution in [0.1, 0.15) is 32.1 Å². The molecule has 0 saturated heterocycles. The minimum absolute atomic E-state index is 0.0189. The molecule has 0 spiro atoms. The van der Waals surface area contributed by atoms with Crippen LogP contribution < -0.4 is 10.9 Å². The van der Waals surface area contributed by atoms with Gasteiger partial charge in [0.25, 0.3) is 5.56 Å². The molecule has 140 valence electrons. The van der Waals surface area contributed by atoms with E-state index in [9.17, 15) is 9.59 Å². The topological polar surface area (TPSA) is 64.0 Å². The van der Waals surface area contributed by atoms with Crippen molar-refractivity contribution in [3.8, 4) is 10.4 Å². The number of benzene rings is 1. The predicted octanol–water partition coefficient (Wildman–Crippen LogP) is 3.82. The summed E-state index contributed by atoms with van der Waals surface area (Å²) in [7, 11) is 0. The average molecular weight is 382 g/mol. The van der Waals surface area contributed by atoms with Crippen molar-refractivity contribution in [3.63, 3.8) is 0 Å². The molecule has 0 unspecified atom stereocenters. The maximum atomic E-state index is 12.8. The maximum absolute atomic E-state index is 12.8. The zero-order chi connectivity index (χ0) is 18.6. The van der Waals surface area contributed by atoms with Crippen LogP contribution in [0.25, 0.3) is 20.7 Å². The van der Waals surface area contributed by atoms with Gasteiger partial charge in [0, 0.05) is 11.4 Å². The molecule has 27 heavy (non-hydrogen) atoms. The molecule has 1 aliphatic rings. The van der Waals surface area contributed by atoms with Crippen LogP contribution in [0.15, 0.2) is 47.5 Å². The molecule has 0 bridgehead atoms. The standard InChI is InChI=1S/C21H23N3O2S/c25-19(22-12-15-7-3-1-4-8-15)13-24-14-23-20-17(21(24)26)11-18(27-20)16-9-5-2-6-10-16/h2,5-6,9-11,14-15H,1,3-4,7-8,12-13H2,(H,22,25). The Morgan fingerprint density at radius 3 is 2.74 bits per heavy atom. The molecular weight excluding hydrogens is 358 g/mol. The summed E-state index contributed by atoms with van der Waals surface area (Å²) in [4.78, 5) is 31.1. The van der Waals surface area contributed by atoms with E-state index in [1.54, 1.807) is 0 Å². The summed E-state index contributed by atoms with van der Waals surface area (Å²) in [6, 6.07) is 11.8. The zero-order valence-electron chi connectivity index (χ0n) is 15.2. The van der Waals surface area contributed by atoms with Gasteiger partial charge in [-0.1, -0.05) is 49.6 Å². The fourth-order valence-electron chi connectivity index (χ4n) is 3.68. The molecule has 5 nitrogen and oxygen atoms in total. The quantitative estimate of drug-likeness (QED) is 0.731. The first-order valence-corrected chi connectivity index (χ1v) is 10.3. The molecule has 6 heteroatoms. The highest BCUT2D eigenvalue weighted by molar-refractivity contribution is 7.21. The molecule has 2 heterocycles. The third kappa shape index (κ3) is 4.11. The van der Waals surface area contributed by atoms with Gasteiger partial charge in [-0.2, -0.15) is 0 Å². The fraction of sp³-hybridized carbons (Fsp3) is 0.381. The Morgan fingerprint density at radius 1 is 1.19 bits per heavy atom. The second kappa shape index (κ2) is 8.05. The van der Waals surface area contributed by atoms with E-state index < -0.39 is 0 Å². The highest BCUT2D eigenvalue weighted by atomic mass is 32.1. The normalized spacial score (nSPS) is 15.1. The van der Waals surface area contributed by atoms with Crippen molar-refractivity contribution in [3.05, 3.63) is 53.1 Å². The number of hydrogen-bond donors (Lipinski definition) is 1. The molecule has 1 amide bonds. The molecule has 4 rings (SSSR count). The average Bonchev–Trinajstić information content (AvgIpc) is 3.15. The Hall–Kier alpha value is -2.47. The number of hydrogen-bond acceptors (Lipinski definition) is 4. The number of carbonyl (C=O) groups excluding carboxylic acids is 1. The lowest BCUT2D eigenvalue weighted by Gasteiger charge is -2.21. The van der Waals surface area contributed by atoms with Crippen molar-refractivity contribution in [1.82, 2.24) is 14.9 Å². The van der Waals surface area contributed by atoms with Crippen LogP contribution in [-0.4, -0.2) is 22.0 Å². The Labute approximate surface area is 162 Å². The second-order valence-corrected chi connectivity index (χ2v) is 8.21. The maximum Gasteiger partial charge on any atom is 0.262 e. The van der Waals surface area contributed by atoms with Crippen molar-refractivity contribution in [2.24, 2.45) is 5.92 Å².